The molecule has 0 spiro atoms. The third-order valence-corrected chi connectivity index (χ3v) is 3.56. The van der Waals surface area contributed by atoms with Crippen LogP contribution in [-0.2, 0) is 0 Å². The van der Waals surface area contributed by atoms with E-state index in [9.17, 15) is 10.1 Å². The van der Waals surface area contributed by atoms with E-state index in [-0.39, 0.29) is 11.4 Å². The number of nitro benzene ring substituents is 1. The first-order chi connectivity index (χ1) is 9.63. The molecule has 0 aliphatic carbocycles. The molecule has 0 atom stereocenters. The first kappa shape index (κ1) is 13.9. The minimum Gasteiger partial charge on any atom is -0.490 e. The van der Waals surface area contributed by atoms with Crippen LogP contribution in [0.25, 0.3) is 0 Å². The average molecular weight is 286 g/mol. The average Bonchev–Trinajstić information content (AvgIpc) is 2.48. The molecular formula is C14H10N2O3S. The van der Waals surface area contributed by atoms with Crippen LogP contribution in [0.15, 0.2) is 52.3 Å². The standard InChI is InChI=1S/C14H10N2O3S/c1-19-14-7-6-12(8-13(14)16(17)18)20-11-4-2-10(9-15)3-5-11/h2-8H,1H3. The van der Waals surface area contributed by atoms with Gasteiger partial charge in [-0.25, -0.2) is 0 Å². The normalized spacial score (nSPS) is 9.80. The molecule has 0 heterocycles. The SMILES string of the molecule is COc1ccc(Sc2ccc(C#N)cc2)cc1[N+](=O)[O-]. The molecule has 20 heavy (non-hydrogen) atoms. The summed E-state index contributed by atoms with van der Waals surface area (Å²) in [6, 6.07) is 13.9. The topological polar surface area (TPSA) is 76.2 Å². The third kappa shape index (κ3) is 3.08. The van der Waals surface area contributed by atoms with Gasteiger partial charge in [0.1, 0.15) is 0 Å². The van der Waals surface area contributed by atoms with Gasteiger partial charge in [0.2, 0.25) is 0 Å². The number of ether oxygens (including phenoxy) is 1. The van der Waals surface area contributed by atoms with Gasteiger partial charge in [0, 0.05) is 15.9 Å². The van der Waals surface area contributed by atoms with E-state index in [2.05, 4.69) is 0 Å². The third-order valence-electron chi connectivity index (χ3n) is 2.57. The molecule has 0 fully saturated rings. The lowest BCUT2D eigenvalue weighted by Crippen LogP contribution is -1.93. The maximum absolute atomic E-state index is 10.9. The highest BCUT2D eigenvalue weighted by Gasteiger charge is 2.15. The molecule has 0 saturated heterocycles. The molecule has 0 saturated carbocycles. The summed E-state index contributed by atoms with van der Waals surface area (Å²) in [6.07, 6.45) is 0. The monoisotopic (exact) mass is 286 g/mol. The number of hydrogen-bond donors (Lipinski definition) is 0. The fraction of sp³-hybridized carbons (Fsp3) is 0.0714. The van der Waals surface area contributed by atoms with E-state index in [0.717, 1.165) is 9.79 Å². The Hall–Kier alpha value is -2.52. The first-order valence-electron chi connectivity index (χ1n) is 5.64. The number of nitriles is 1. The maximum Gasteiger partial charge on any atom is 0.312 e. The fourth-order valence-electron chi connectivity index (χ4n) is 1.61. The number of nitrogens with zero attached hydrogens (tertiary/aromatic N) is 2. The van der Waals surface area contributed by atoms with Crippen molar-refractivity contribution in [2.75, 3.05) is 7.11 Å². The zero-order valence-electron chi connectivity index (χ0n) is 10.6. The van der Waals surface area contributed by atoms with Gasteiger partial charge in [0.05, 0.1) is 23.7 Å². The van der Waals surface area contributed by atoms with Crippen LogP contribution in [-0.4, -0.2) is 12.0 Å². The Balaban J connectivity index is 2.27. The molecule has 100 valence electrons. The van der Waals surface area contributed by atoms with Crippen molar-refractivity contribution < 1.29 is 9.66 Å². The number of methoxy groups -OCH3 is 1. The minimum absolute atomic E-state index is 0.0638. The van der Waals surface area contributed by atoms with Crippen LogP contribution < -0.4 is 4.74 Å². The summed E-state index contributed by atoms with van der Waals surface area (Å²) >= 11 is 1.39. The van der Waals surface area contributed by atoms with Crippen LogP contribution in [0.2, 0.25) is 0 Å². The summed E-state index contributed by atoms with van der Waals surface area (Å²) < 4.78 is 4.96. The van der Waals surface area contributed by atoms with Gasteiger partial charge < -0.3 is 4.74 Å². The van der Waals surface area contributed by atoms with Gasteiger partial charge in [-0.3, -0.25) is 10.1 Å². The predicted octanol–water partition coefficient (Wildman–Crippen LogP) is 3.63. The Labute approximate surface area is 120 Å². The molecule has 0 aliphatic rings. The van der Waals surface area contributed by atoms with Crippen molar-refractivity contribution in [3.8, 4) is 11.8 Å². The molecular weight excluding hydrogens is 276 g/mol. The van der Waals surface area contributed by atoms with Crippen molar-refractivity contribution >= 4 is 17.4 Å². The molecule has 6 heteroatoms. The summed E-state index contributed by atoms with van der Waals surface area (Å²) in [7, 11) is 1.40. The van der Waals surface area contributed by atoms with E-state index < -0.39 is 4.92 Å². The molecule has 0 bridgehead atoms. The van der Waals surface area contributed by atoms with E-state index in [1.807, 2.05) is 6.07 Å². The Morgan fingerprint density at radius 1 is 1.20 bits per heavy atom. The second kappa shape index (κ2) is 6.08. The second-order valence-electron chi connectivity index (χ2n) is 3.83. The molecule has 5 nitrogen and oxygen atoms in total. The highest BCUT2D eigenvalue weighted by Crippen LogP contribution is 2.35. The quantitative estimate of drug-likeness (QED) is 0.633. The van der Waals surface area contributed by atoms with E-state index in [1.54, 1.807) is 36.4 Å². The molecule has 0 radical (unpaired) electrons. The molecule has 2 aromatic rings. The zero-order valence-corrected chi connectivity index (χ0v) is 11.4. The number of rotatable bonds is 4. The van der Waals surface area contributed by atoms with Crippen LogP contribution in [0, 0.1) is 21.4 Å². The lowest BCUT2D eigenvalue weighted by Gasteiger charge is -2.05. The minimum atomic E-state index is -0.471. The Morgan fingerprint density at radius 2 is 1.85 bits per heavy atom. The molecule has 0 N–H and O–H groups in total. The molecule has 0 aromatic heterocycles. The number of benzene rings is 2. The maximum atomic E-state index is 10.9. The largest absolute Gasteiger partial charge is 0.490 e. The smallest absolute Gasteiger partial charge is 0.312 e. The van der Waals surface area contributed by atoms with Crippen LogP contribution in [0.4, 0.5) is 5.69 Å². The van der Waals surface area contributed by atoms with E-state index in [0.29, 0.717) is 5.56 Å². The van der Waals surface area contributed by atoms with Crippen LogP contribution in [0.1, 0.15) is 5.56 Å². The number of nitro groups is 1. The van der Waals surface area contributed by atoms with E-state index in [1.165, 1.54) is 24.9 Å². The summed E-state index contributed by atoms with van der Waals surface area (Å²) in [5, 5.41) is 19.7. The predicted molar refractivity (Wildman–Crippen MR) is 74.9 cm³/mol. The van der Waals surface area contributed by atoms with Crippen molar-refractivity contribution in [1.82, 2.24) is 0 Å². The second-order valence-corrected chi connectivity index (χ2v) is 4.98. The van der Waals surface area contributed by atoms with Crippen molar-refractivity contribution in [2.45, 2.75) is 9.79 Å². The van der Waals surface area contributed by atoms with Crippen LogP contribution >= 0.6 is 11.8 Å². The van der Waals surface area contributed by atoms with E-state index in [4.69, 9.17) is 10.00 Å². The molecule has 0 unspecified atom stereocenters. The number of hydrogen-bond acceptors (Lipinski definition) is 5. The van der Waals surface area contributed by atoms with Gasteiger partial charge in [-0.15, -0.1) is 0 Å². The Bertz CT molecular complexity index is 678. The van der Waals surface area contributed by atoms with Crippen LogP contribution in [0.3, 0.4) is 0 Å². The Kier molecular flexibility index (Phi) is 4.23. The van der Waals surface area contributed by atoms with Crippen molar-refractivity contribution in [3.63, 3.8) is 0 Å². The lowest BCUT2D eigenvalue weighted by molar-refractivity contribution is -0.386. The first-order valence-corrected chi connectivity index (χ1v) is 6.46. The van der Waals surface area contributed by atoms with Gasteiger partial charge in [-0.1, -0.05) is 11.8 Å². The molecule has 2 rings (SSSR count). The van der Waals surface area contributed by atoms with Gasteiger partial charge in [0.15, 0.2) is 5.75 Å². The van der Waals surface area contributed by atoms with Gasteiger partial charge in [0.25, 0.3) is 0 Å². The summed E-state index contributed by atoms with van der Waals surface area (Å²) in [5.74, 6) is 0.235. The summed E-state index contributed by atoms with van der Waals surface area (Å²) in [4.78, 5) is 12.1. The van der Waals surface area contributed by atoms with Gasteiger partial charge in [-0.05, 0) is 36.4 Å². The Morgan fingerprint density at radius 3 is 2.40 bits per heavy atom. The molecule has 0 aliphatic heterocycles. The summed E-state index contributed by atoms with van der Waals surface area (Å²) in [6.45, 7) is 0. The lowest BCUT2D eigenvalue weighted by atomic mass is 10.2. The van der Waals surface area contributed by atoms with Gasteiger partial charge in [-0.2, -0.15) is 5.26 Å². The highest BCUT2D eigenvalue weighted by molar-refractivity contribution is 7.99. The summed E-state index contributed by atoms with van der Waals surface area (Å²) in [5.41, 5.74) is 0.515. The highest BCUT2D eigenvalue weighted by atomic mass is 32.2. The van der Waals surface area contributed by atoms with Crippen molar-refractivity contribution in [1.29, 1.82) is 5.26 Å². The molecule has 2 aromatic carbocycles. The van der Waals surface area contributed by atoms with Crippen LogP contribution in [0.5, 0.6) is 5.75 Å². The zero-order chi connectivity index (χ0) is 14.5. The van der Waals surface area contributed by atoms with E-state index >= 15 is 0 Å². The van der Waals surface area contributed by atoms with Crippen molar-refractivity contribution in [3.05, 3.63) is 58.1 Å². The molecule has 0 amide bonds. The van der Waals surface area contributed by atoms with Crippen molar-refractivity contribution in [2.24, 2.45) is 0 Å². The van der Waals surface area contributed by atoms with Gasteiger partial charge >= 0.3 is 5.69 Å². The fourth-order valence-corrected chi connectivity index (χ4v) is 2.46.